The van der Waals surface area contributed by atoms with Crippen molar-refractivity contribution in [1.82, 2.24) is 30.0 Å². The van der Waals surface area contributed by atoms with Gasteiger partial charge in [-0.25, -0.2) is 9.97 Å². The van der Waals surface area contributed by atoms with Gasteiger partial charge in [0, 0.05) is 43.2 Å². The van der Waals surface area contributed by atoms with Gasteiger partial charge in [0.05, 0.1) is 34.9 Å². The van der Waals surface area contributed by atoms with E-state index in [0.717, 1.165) is 90.4 Å². The first-order chi connectivity index (χ1) is 18.2. The standard InChI is InChI=1S/C28H28N8O/c29-24-18-5-1-2-8-21(18)37-28(24)13-16-11-27(12-17(14-28)36(16)27)22-15-31-23-25(32-22)33-34-26(23)35-10-4-6-19-20(35)7-3-9-30-19/h1-3,5,7-9,15-17,24H,4,6,10-14,29H2,(H,32,33,34)/t16-,17?,24-,27?,28+/m1/s1. The van der Waals surface area contributed by atoms with Gasteiger partial charge in [0.1, 0.15) is 11.4 Å². The molecule has 0 amide bonds. The van der Waals surface area contributed by atoms with Gasteiger partial charge in [-0.3, -0.25) is 15.0 Å². The third-order valence-electron chi connectivity index (χ3n) is 9.66. The maximum atomic E-state index is 6.78. The van der Waals surface area contributed by atoms with Gasteiger partial charge in [-0.15, -0.1) is 0 Å². The first-order valence-corrected chi connectivity index (χ1v) is 13.4. The van der Waals surface area contributed by atoms with Gasteiger partial charge >= 0.3 is 0 Å². The van der Waals surface area contributed by atoms with Crippen LogP contribution in [0.4, 0.5) is 11.5 Å². The molecule has 1 spiro atoms. The summed E-state index contributed by atoms with van der Waals surface area (Å²) in [5, 5.41) is 7.84. The summed E-state index contributed by atoms with van der Waals surface area (Å²) in [4.78, 5) is 19.5. The van der Waals surface area contributed by atoms with Crippen molar-refractivity contribution in [2.24, 2.45) is 5.73 Å². The highest BCUT2D eigenvalue weighted by Crippen LogP contribution is 2.65. The zero-order valence-electron chi connectivity index (χ0n) is 20.5. The van der Waals surface area contributed by atoms with Gasteiger partial charge in [0.2, 0.25) is 0 Å². The van der Waals surface area contributed by atoms with Crippen LogP contribution in [0.25, 0.3) is 11.2 Å². The Bertz CT molecular complexity index is 1570. The highest BCUT2D eigenvalue weighted by atomic mass is 16.5. The van der Waals surface area contributed by atoms with E-state index in [-0.39, 0.29) is 17.2 Å². The SMILES string of the molecule is N[C@@H]1c2ccccc2O[C@@]12CC1CC3(c4cnc5c(N6CCCc7ncccc76)n[nH]c5n4)C[C@H](C2)N13. The highest BCUT2D eigenvalue weighted by Gasteiger charge is 2.71. The molecule has 9 heteroatoms. The van der Waals surface area contributed by atoms with Crippen molar-refractivity contribution in [2.75, 3.05) is 11.4 Å². The molecule has 1 aromatic carbocycles. The van der Waals surface area contributed by atoms with Crippen molar-refractivity contribution in [3.05, 3.63) is 65.7 Å². The number of anilines is 2. The van der Waals surface area contributed by atoms with Crippen LogP contribution in [0, 0.1) is 0 Å². The smallest absolute Gasteiger partial charge is 0.183 e. The zero-order valence-corrected chi connectivity index (χ0v) is 20.5. The third-order valence-corrected chi connectivity index (χ3v) is 9.66. The molecule has 9 nitrogen and oxygen atoms in total. The van der Waals surface area contributed by atoms with Crippen LogP contribution in [0.15, 0.2) is 48.8 Å². The molecule has 3 aromatic heterocycles. The molecule has 0 saturated carbocycles. The molecule has 5 aliphatic rings. The van der Waals surface area contributed by atoms with E-state index in [1.165, 1.54) is 0 Å². The fourth-order valence-corrected chi connectivity index (χ4v) is 8.15. The fraction of sp³-hybridized carbons (Fsp3) is 0.429. The number of rotatable bonds is 2. The molecule has 2 unspecified atom stereocenters. The number of aryl methyl sites for hydroxylation is 1. The second-order valence-corrected chi connectivity index (χ2v) is 11.5. The molecular formula is C28H28N8O. The Morgan fingerprint density at radius 3 is 2.76 bits per heavy atom. The minimum atomic E-state index is -0.282. The molecule has 3 saturated heterocycles. The summed E-state index contributed by atoms with van der Waals surface area (Å²) in [5.41, 5.74) is 12.5. The predicted octanol–water partition coefficient (Wildman–Crippen LogP) is 3.50. The lowest BCUT2D eigenvalue weighted by molar-refractivity contribution is -0.259. The second kappa shape index (κ2) is 6.85. The average Bonchev–Trinajstić information content (AvgIpc) is 3.44. The molecular weight excluding hydrogens is 464 g/mol. The van der Waals surface area contributed by atoms with Crippen LogP contribution in [-0.4, -0.2) is 54.3 Å². The van der Waals surface area contributed by atoms with Gasteiger partial charge in [0.15, 0.2) is 17.0 Å². The summed E-state index contributed by atoms with van der Waals surface area (Å²) in [5.74, 6) is 1.80. The van der Waals surface area contributed by atoms with Crippen LogP contribution < -0.4 is 15.4 Å². The maximum absolute atomic E-state index is 6.78. The van der Waals surface area contributed by atoms with Crippen LogP contribution in [0.1, 0.15) is 55.1 Å². The number of aromatic nitrogens is 5. The molecule has 3 N–H and O–H groups in total. The zero-order chi connectivity index (χ0) is 24.4. The molecule has 5 aliphatic heterocycles. The van der Waals surface area contributed by atoms with E-state index >= 15 is 0 Å². The van der Waals surface area contributed by atoms with E-state index in [0.29, 0.717) is 12.1 Å². The molecule has 3 fully saturated rings. The number of para-hydroxylation sites is 1. The van der Waals surface area contributed by atoms with Crippen molar-refractivity contribution in [2.45, 2.75) is 67.8 Å². The molecule has 0 bridgehead atoms. The van der Waals surface area contributed by atoms with Crippen LogP contribution in [0.2, 0.25) is 0 Å². The van der Waals surface area contributed by atoms with Crippen LogP contribution >= 0.6 is 0 Å². The number of ether oxygens (including phenoxy) is 1. The first-order valence-electron chi connectivity index (χ1n) is 13.4. The minimum Gasteiger partial charge on any atom is -0.485 e. The number of H-pyrrole nitrogens is 1. The van der Waals surface area contributed by atoms with E-state index in [2.05, 4.69) is 49.2 Å². The normalized spacial score (nSPS) is 33.3. The molecule has 5 atom stereocenters. The van der Waals surface area contributed by atoms with Gasteiger partial charge in [-0.2, -0.15) is 5.10 Å². The number of nitrogens with zero attached hydrogens (tertiary/aromatic N) is 6. The third kappa shape index (κ3) is 2.51. The van der Waals surface area contributed by atoms with Crippen molar-refractivity contribution in [3.63, 3.8) is 0 Å². The summed E-state index contributed by atoms with van der Waals surface area (Å²) < 4.78 is 6.58. The number of nitrogens with two attached hydrogens (primary N) is 1. The number of piperidine rings is 2. The Morgan fingerprint density at radius 2 is 1.89 bits per heavy atom. The van der Waals surface area contributed by atoms with Gasteiger partial charge in [-0.05, 0) is 43.9 Å². The summed E-state index contributed by atoms with van der Waals surface area (Å²) >= 11 is 0. The Kier molecular flexibility index (Phi) is 3.79. The van der Waals surface area contributed by atoms with Gasteiger partial charge < -0.3 is 15.4 Å². The summed E-state index contributed by atoms with van der Waals surface area (Å²) in [7, 11) is 0. The summed E-state index contributed by atoms with van der Waals surface area (Å²) in [6.07, 6.45) is 9.97. The van der Waals surface area contributed by atoms with Crippen molar-refractivity contribution < 1.29 is 4.74 Å². The topological polar surface area (TPSA) is 109 Å². The molecule has 4 aromatic rings. The van der Waals surface area contributed by atoms with Crippen LogP contribution in [0.3, 0.4) is 0 Å². The number of hydrogen-bond acceptors (Lipinski definition) is 8. The molecule has 37 heavy (non-hydrogen) atoms. The van der Waals surface area contributed by atoms with E-state index in [4.69, 9.17) is 20.4 Å². The van der Waals surface area contributed by atoms with E-state index in [1.807, 2.05) is 24.5 Å². The van der Waals surface area contributed by atoms with Crippen LogP contribution in [0.5, 0.6) is 5.75 Å². The molecule has 0 aliphatic carbocycles. The molecule has 8 heterocycles. The quantitative estimate of drug-likeness (QED) is 0.438. The van der Waals surface area contributed by atoms with E-state index in [1.54, 1.807) is 0 Å². The van der Waals surface area contributed by atoms with Crippen LogP contribution in [-0.2, 0) is 12.0 Å². The summed E-state index contributed by atoms with van der Waals surface area (Å²) in [6, 6.07) is 13.3. The lowest BCUT2D eigenvalue weighted by Gasteiger charge is -2.74. The van der Waals surface area contributed by atoms with Crippen molar-refractivity contribution >= 4 is 22.7 Å². The average molecular weight is 493 g/mol. The van der Waals surface area contributed by atoms with Gasteiger partial charge in [-0.1, -0.05) is 18.2 Å². The maximum Gasteiger partial charge on any atom is 0.183 e. The molecule has 0 radical (unpaired) electrons. The van der Waals surface area contributed by atoms with E-state index < -0.39 is 0 Å². The molecule has 9 rings (SSSR count). The predicted molar refractivity (Wildman–Crippen MR) is 138 cm³/mol. The van der Waals surface area contributed by atoms with E-state index in [9.17, 15) is 0 Å². The number of pyridine rings is 1. The Balaban J connectivity index is 1.00. The highest BCUT2D eigenvalue weighted by molar-refractivity contribution is 5.87. The lowest BCUT2D eigenvalue weighted by Crippen LogP contribution is -2.81. The van der Waals surface area contributed by atoms with Crippen molar-refractivity contribution in [1.29, 1.82) is 0 Å². The lowest BCUT2D eigenvalue weighted by atomic mass is 9.55. The number of aromatic amines is 1. The molecule has 186 valence electrons. The van der Waals surface area contributed by atoms with Gasteiger partial charge in [0.25, 0.3) is 0 Å². The monoisotopic (exact) mass is 492 g/mol. The Labute approximate surface area is 214 Å². The first kappa shape index (κ1) is 20.5. The number of hydrogen-bond donors (Lipinski definition) is 2. The largest absolute Gasteiger partial charge is 0.485 e. The van der Waals surface area contributed by atoms with Crippen molar-refractivity contribution in [3.8, 4) is 5.75 Å². The number of fused-ring (bicyclic) bond motifs is 3. The second-order valence-electron chi connectivity index (χ2n) is 11.5. The summed E-state index contributed by atoms with van der Waals surface area (Å²) in [6.45, 7) is 0.902. The number of nitrogens with one attached hydrogen (secondary N) is 1. The number of benzene rings is 1. The minimum absolute atomic E-state index is 0.0133. The Hall–Kier alpha value is -3.56. The Morgan fingerprint density at radius 1 is 1.03 bits per heavy atom. The fourth-order valence-electron chi connectivity index (χ4n) is 8.15.